The van der Waals surface area contributed by atoms with Gasteiger partial charge >= 0.3 is 0 Å². The lowest BCUT2D eigenvalue weighted by atomic mass is 10.1. The molecule has 0 fully saturated rings. The second kappa shape index (κ2) is 9.15. The lowest BCUT2D eigenvalue weighted by Crippen LogP contribution is -2.17. The van der Waals surface area contributed by atoms with Gasteiger partial charge in [-0.3, -0.25) is 14.6 Å². The molecule has 2 amide bonds. The zero-order valence-electron chi connectivity index (χ0n) is 18.8. The van der Waals surface area contributed by atoms with Crippen molar-refractivity contribution in [3.63, 3.8) is 0 Å². The maximum Gasteiger partial charge on any atom is 0.255 e. The maximum absolute atomic E-state index is 13.0. The first-order valence-electron chi connectivity index (χ1n) is 10.9. The van der Waals surface area contributed by atoms with E-state index in [2.05, 4.69) is 21.7 Å². The molecule has 2 heterocycles. The summed E-state index contributed by atoms with van der Waals surface area (Å²) in [4.78, 5) is 30.0. The Bertz CT molecular complexity index is 1520. The smallest absolute Gasteiger partial charge is 0.255 e. The highest BCUT2D eigenvalue weighted by molar-refractivity contribution is 6.08. The molecule has 2 N–H and O–H groups in total. The predicted molar refractivity (Wildman–Crippen MR) is 131 cm³/mol. The summed E-state index contributed by atoms with van der Waals surface area (Å²) < 4.78 is 11.1. The Kier molecular flexibility index (Phi) is 5.73. The molecule has 35 heavy (non-hydrogen) atoms. The van der Waals surface area contributed by atoms with E-state index < -0.39 is 0 Å². The maximum atomic E-state index is 13.0. The number of pyridine rings is 1. The van der Waals surface area contributed by atoms with Gasteiger partial charge in [-0.2, -0.15) is 5.26 Å². The summed E-state index contributed by atoms with van der Waals surface area (Å²) in [5, 5.41) is 15.7. The molecule has 0 atom stereocenters. The van der Waals surface area contributed by atoms with Gasteiger partial charge in [0.05, 0.1) is 17.1 Å². The van der Waals surface area contributed by atoms with E-state index in [9.17, 15) is 14.9 Å². The van der Waals surface area contributed by atoms with E-state index in [-0.39, 0.29) is 11.8 Å². The molecule has 3 aromatic carbocycles. The van der Waals surface area contributed by atoms with Crippen LogP contribution in [-0.4, -0.2) is 30.0 Å². The van der Waals surface area contributed by atoms with Crippen LogP contribution in [0.4, 0.5) is 11.4 Å². The van der Waals surface area contributed by atoms with Gasteiger partial charge in [-0.05, 0) is 67.1 Å². The summed E-state index contributed by atoms with van der Waals surface area (Å²) in [5.41, 5.74) is 3.83. The molecule has 172 valence electrons. The van der Waals surface area contributed by atoms with Crippen LogP contribution in [0.1, 0.15) is 31.8 Å². The molecule has 1 aliphatic heterocycles. The number of benzene rings is 3. The van der Waals surface area contributed by atoms with Gasteiger partial charge in [-0.15, -0.1) is 0 Å². The molecule has 5 rings (SSSR count). The predicted octanol–water partition coefficient (Wildman–Crippen LogP) is 4.69. The standard InChI is InChI=1S/C27H20N4O4/c1-16-2-5-20(30-26(32)18-4-7-24-25(13-18)35-11-10-34-24)14-23(16)31-27(33)17-3-6-22-21(12-17)19(15-28)8-9-29-22/h2-9,12-14H,10-11H2,1H3,(H,30,32)(H,31,33). The normalized spacial score (nSPS) is 12.0. The topological polar surface area (TPSA) is 113 Å². The first kappa shape index (κ1) is 21.9. The Morgan fingerprint density at radius 2 is 1.63 bits per heavy atom. The van der Waals surface area contributed by atoms with E-state index in [4.69, 9.17) is 9.47 Å². The third-order valence-electron chi connectivity index (χ3n) is 5.67. The van der Waals surface area contributed by atoms with E-state index >= 15 is 0 Å². The summed E-state index contributed by atoms with van der Waals surface area (Å²) in [7, 11) is 0. The molecule has 0 bridgehead atoms. The van der Waals surface area contributed by atoms with Crippen LogP contribution in [0, 0.1) is 18.3 Å². The number of aromatic nitrogens is 1. The van der Waals surface area contributed by atoms with E-state index in [1.54, 1.807) is 60.8 Å². The Hall–Kier alpha value is -4.90. The second-order valence-electron chi connectivity index (χ2n) is 8.00. The number of anilines is 2. The highest BCUT2D eigenvalue weighted by Crippen LogP contribution is 2.31. The summed E-state index contributed by atoms with van der Waals surface area (Å²) in [5.74, 6) is 0.498. The fourth-order valence-corrected chi connectivity index (χ4v) is 3.80. The zero-order chi connectivity index (χ0) is 24.4. The molecule has 0 aliphatic carbocycles. The lowest BCUT2D eigenvalue weighted by molar-refractivity contribution is 0.101. The molecule has 0 unspecified atom stereocenters. The van der Waals surface area contributed by atoms with E-state index in [1.807, 2.05) is 13.0 Å². The molecule has 1 aromatic heterocycles. The number of fused-ring (bicyclic) bond motifs is 2. The van der Waals surface area contributed by atoms with Gasteiger partial charge in [-0.1, -0.05) is 6.07 Å². The SMILES string of the molecule is Cc1ccc(NC(=O)c2ccc3c(c2)OCCO3)cc1NC(=O)c1ccc2nccc(C#N)c2c1. The van der Waals surface area contributed by atoms with E-state index in [0.717, 1.165) is 5.56 Å². The van der Waals surface area contributed by atoms with E-state index in [1.165, 1.54) is 0 Å². The van der Waals surface area contributed by atoms with Crippen molar-refractivity contribution in [2.75, 3.05) is 23.8 Å². The minimum Gasteiger partial charge on any atom is -0.486 e. The van der Waals surface area contributed by atoms with Gasteiger partial charge in [0, 0.05) is 34.1 Å². The summed E-state index contributed by atoms with van der Waals surface area (Å²) in [6.07, 6.45) is 1.56. The van der Waals surface area contributed by atoms with Crippen molar-refractivity contribution in [2.24, 2.45) is 0 Å². The molecule has 0 saturated heterocycles. The minimum absolute atomic E-state index is 0.311. The summed E-state index contributed by atoms with van der Waals surface area (Å²) >= 11 is 0. The quantitative estimate of drug-likeness (QED) is 0.453. The van der Waals surface area contributed by atoms with Crippen LogP contribution in [0.3, 0.4) is 0 Å². The highest BCUT2D eigenvalue weighted by Gasteiger charge is 2.16. The number of hydrogen-bond donors (Lipinski definition) is 2. The molecule has 8 heteroatoms. The van der Waals surface area contributed by atoms with Crippen LogP contribution in [0.25, 0.3) is 10.9 Å². The second-order valence-corrected chi connectivity index (χ2v) is 8.00. The van der Waals surface area contributed by atoms with Crippen molar-refractivity contribution in [3.8, 4) is 17.6 Å². The average Bonchev–Trinajstić information content (AvgIpc) is 2.89. The van der Waals surface area contributed by atoms with Crippen molar-refractivity contribution in [1.82, 2.24) is 4.98 Å². The van der Waals surface area contributed by atoms with Crippen LogP contribution in [0.5, 0.6) is 11.5 Å². The summed E-state index contributed by atoms with van der Waals surface area (Å²) in [6, 6.07) is 19.1. The number of ether oxygens (including phenoxy) is 2. The van der Waals surface area contributed by atoms with Crippen molar-refractivity contribution in [2.45, 2.75) is 6.92 Å². The molecule has 8 nitrogen and oxygen atoms in total. The van der Waals surface area contributed by atoms with Gasteiger partial charge in [0.2, 0.25) is 0 Å². The van der Waals surface area contributed by atoms with Crippen molar-refractivity contribution in [3.05, 3.63) is 89.1 Å². The number of nitrogens with one attached hydrogen (secondary N) is 2. The molecular weight excluding hydrogens is 444 g/mol. The van der Waals surface area contributed by atoms with Crippen LogP contribution in [-0.2, 0) is 0 Å². The third-order valence-corrected chi connectivity index (χ3v) is 5.67. The average molecular weight is 464 g/mol. The molecule has 0 radical (unpaired) electrons. The minimum atomic E-state index is -0.335. The Morgan fingerprint density at radius 1 is 0.886 bits per heavy atom. The van der Waals surface area contributed by atoms with Gasteiger partial charge in [0.25, 0.3) is 11.8 Å². The highest BCUT2D eigenvalue weighted by atomic mass is 16.6. The van der Waals surface area contributed by atoms with Gasteiger partial charge in [0.15, 0.2) is 11.5 Å². The largest absolute Gasteiger partial charge is 0.486 e. The fraction of sp³-hybridized carbons (Fsp3) is 0.111. The molecule has 0 spiro atoms. The number of amides is 2. The van der Waals surface area contributed by atoms with Crippen LogP contribution in [0.2, 0.25) is 0 Å². The number of carbonyl (C=O) groups is 2. The Morgan fingerprint density at radius 3 is 2.46 bits per heavy atom. The number of aryl methyl sites for hydroxylation is 1. The molecule has 0 saturated carbocycles. The lowest BCUT2D eigenvalue weighted by Gasteiger charge is -2.18. The van der Waals surface area contributed by atoms with Crippen LogP contribution < -0.4 is 20.1 Å². The molecular formula is C27H20N4O4. The monoisotopic (exact) mass is 464 g/mol. The van der Waals surface area contributed by atoms with Gasteiger partial charge in [0.1, 0.15) is 13.2 Å². The van der Waals surface area contributed by atoms with Crippen molar-refractivity contribution < 1.29 is 19.1 Å². The van der Waals surface area contributed by atoms with E-state index in [0.29, 0.717) is 63.7 Å². The number of hydrogen-bond acceptors (Lipinski definition) is 6. The number of carbonyl (C=O) groups excluding carboxylic acids is 2. The van der Waals surface area contributed by atoms with Crippen molar-refractivity contribution in [1.29, 1.82) is 5.26 Å². The zero-order valence-corrected chi connectivity index (χ0v) is 18.8. The van der Waals surface area contributed by atoms with Crippen molar-refractivity contribution >= 4 is 34.1 Å². The summed E-state index contributed by atoms with van der Waals surface area (Å²) in [6.45, 7) is 2.77. The first-order chi connectivity index (χ1) is 17.0. The first-order valence-corrected chi connectivity index (χ1v) is 10.9. The van der Waals surface area contributed by atoms with Gasteiger partial charge < -0.3 is 20.1 Å². The van der Waals surface area contributed by atoms with Gasteiger partial charge in [-0.25, -0.2) is 0 Å². The Balaban J connectivity index is 1.35. The number of nitrogens with zero attached hydrogens (tertiary/aromatic N) is 2. The third kappa shape index (κ3) is 4.48. The molecule has 4 aromatic rings. The molecule has 1 aliphatic rings. The number of nitriles is 1. The van der Waals surface area contributed by atoms with Crippen LogP contribution in [0.15, 0.2) is 66.9 Å². The van der Waals surface area contributed by atoms with Crippen LogP contribution >= 0.6 is 0 Å². The Labute approximate surface area is 201 Å². The fourth-order valence-electron chi connectivity index (χ4n) is 3.80. The number of rotatable bonds is 4.